The Labute approximate surface area is 138 Å². The van der Waals surface area contributed by atoms with Gasteiger partial charge in [-0.3, -0.25) is 0 Å². The summed E-state index contributed by atoms with van der Waals surface area (Å²) in [6.45, 7) is 7.98. The Kier molecular flexibility index (Phi) is 6.45. The Morgan fingerprint density at radius 1 is 1.48 bits per heavy atom. The van der Waals surface area contributed by atoms with Crippen molar-refractivity contribution in [2.75, 3.05) is 0 Å². The number of allylic oxidation sites excluding steroid dienone is 2. The third-order valence-corrected chi connectivity index (χ3v) is 4.07. The average molecular weight is 316 g/mol. The third-order valence-electron chi connectivity index (χ3n) is 4.07. The summed E-state index contributed by atoms with van der Waals surface area (Å²) >= 11 is 0. The number of hydrogen-bond donors (Lipinski definition) is 2. The maximum atomic E-state index is 9.72. The van der Waals surface area contributed by atoms with E-state index in [1.807, 2.05) is 25.1 Å². The lowest BCUT2D eigenvalue weighted by Gasteiger charge is -2.27. The molecule has 1 atom stereocenters. The van der Waals surface area contributed by atoms with Gasteiger partial charge in [-0.05, 0) is 50.0 Å². The summed E-state index contributed by atoms with van der Waals surface area (Å²) in [7, 11) is -0.727. The van der Waals surface area contributed by atoms with Crippen molar-refractivity contribution in [3.05, 3.63) is 53.0 Å². The Hall–Kier alpha value is -1.56. The fraction of sp³-hybridized carbons (Fsp3) is 0.444. The highest BCUT2D eigenvalue weighted by Crippen LogP contribution is 2.28. The molecule has 4 nitrogen and oxygen atoms in total. The van der Waals surface area contributed by atoms with Crippen LogP contribution in [0.1, 0.15) is 44.6 Å². The van der Waals surface area contributed by atoms with Crippen molar-refractivity contribution in [3.63, 3.8) is 0 Å². The molecule has 0 amide bonds. The van der Waals surface area contributed by atoms with Gasteiger partial charge in [-0.25, -0.2) is 0 Å². The van der Waals surface area contributed by atoms with Crippen molar-refractivity contribution in [2.45, 2.75) is 52.1 Å². The molecule has 0 saturated heterocycles. The summed E-state index contributed by atoms with van der Waals surface area (Å²) in [6.07, 6.45) is 7.01. The molecule has 0 saturated carbocycles. The van der Waals surface area contributed by atoms with E-state index in [0.29, 0.717) is 12.1 Å². The lowest BCUT2D eigenvalue weighted by molar-refractivity contribution is 0.183. The van der Waals surface area contributed by atoms with Crippen LogP contribution in [0.5, 0.6) is 0 Å². The molecule has 1 aromatic rings. The van der Waals surface area contributed by atoms with Crippen molar-refractivity contribution in [1.29, 1.82) is 0 Å². The summed E-state index contributed by atoms with van der Waals surface area (Å²) in [5.41, 5.74) is 3.32. The predicted octanol–water partition coefficient (Wildman–Crippen LogP) is 3.73. The minimum absolute atomic E-state index is 0.0874. The first-order chi connectivity index (χ1) is 11.0. The molecule has 2 rings (SSSR count). The summed E-state index contributed by atoms with van der Waals surface area (Å²) in [6, 6.07) is 3.64. The molecule has 0 aromatic carbocycles. The van der Waals surface area contributed by atoms with Crippen LogP contribution in [0.25, 0.3) is 6.08 Å². The molecule has 124 valence electrons. The molecular formula is C18H25BO4. The van der Waals surface area contributed by atoms with Gasteiger partial charge in [-0.15, -0.1) is 0 Å². The maximum Gasteiger partial charge on any atom is 0.458 e. The molecule has 1 aliphatic rings. The third kappa shape index (κ3) is 4.96. The zero-order valence-electron chi connectivity index (χ0n) is 13.9. The van der Waals surface area contributed by atoms with Crippen LogP contribution in [-0.2, 0) is 11.3 Å². The van der Waals surface area contributed by atoms with E-state index in [-0.39, 0.29) is 12.7 Å². The molecule has 5 heteroatoms. The number of aliphatic hydroxyl groups is 1. The monoisotopic (exact) mass is 316 g/mol. The number of hydrogen-bond acceptors (Lipinski definition) is 4. The quantitative estimate of drug-likeness (QED) is 0.753. The first-order valence-corrected chi connectivity index (χ1v) is 8.12. The van der Waals surface area contributed by atoms with Gasteiger partial charge in [0.2, 0.25) is 0 Å². The van der Waals surface area contributed by atoms with Crippen LogP contribution in [0.3, 0.4) is 0 Å². The Morgan fingerprint density at radius 3 is 2.87 bits per heavy atom. The van der Waals surface area contributed by atoms with Crippen molar-refractivity contribution in [1.82, 2.24) is 0 Å². The largest absolute Gasteiger partial charge is 0.459 e. The summed E-state index contributed by atoms with van der Waals surface area (Å²) in [5, 5.41) is 18.8. The fourth-order valence-electron chi connectivity index (χ4n) is 2.78. The lowest BCUT2D eigenvalue weighted by atomic mass is 9.78. The number of furan rings is 1. The zero-order valence-corrected chi connectivity index (χ0v) is 13.9. The van der Waals surface area contributed by atoms with Crippen LogP contribution in [-0.4, -0.2) is 23.4 Å². The highest BCUT2D eigenvalue weighted by molar-refractivity contribution is 6.43. The summed E-state index contributed by atoms with van der Waals surface area (Å²) in [4.78, 5) is 0. The maximum absolute atomic E-state index is 9.72. The first-order valence-electron chi connectivity index (χ1n) is 8.12. The highest BCUT2D eigenvalue weighted by Gasteiger charge is 2.27. The van der Waals surface area contributed by atoms with Crippen molar-refractivity contribution in [3.8, 4) is 0 Å². The van der Waals surface area contributed by atoms with E-state index in [9.17, 15) is 5.02 Å². The van der Waals surface area contributed by atoms with Crippen LogP contribution in [0.15, 0.2) is 45.9 Å². The predicted molar refractivity (Wildman–Crippen MR) is 92.7 cm³/mol. The van der Waals surface area contributed by atoms with E-state index in [1.54, 1.807) is 6.07 Å². The van der Waals surface area contributed by atoms with Crippen LogP contribution in [0.2, 0.25) is 6.32 Å². The Bertz CT molecular complexity index is 600. The molecule has 0 radical (unpaired) electrons. The van der Waals surface area contributed by atoms with Gasteiger partial charge in [0.15, 0.2) is 0 Å². The molecule has 0 fully saturated rings. The number of aliphatic hydroxyl groups excluding tert-OH is 1. The normalized spacial score (nSPS) is 19.0. The first kappa shape index (κ1) is 17.8. The van der Waals surface area contributed by atoms with Gasteiger partial charge in [-0.1, -0.05) is 30.7 Å². The van der Waals surface area contributed by atoms with Gasteiger partial charge < -0.3 is 19.2 Å². The van der Waals surface area contributed by atoms with Crippen LogP contribution >= 0.6 is 0 Å². The minimum Gasteiger partial charge on any atom is -0.459 e. The van der Waals surface area contributed by atoms with E-state index >= 15 is 0 Å². The molecule has 2 heterocycles. The van der Waals surface area contributed by atoms with Crippen LogP contribution in [0, 0.1) is 0 Å². The van der Waals surface area contributed by atoms with E-state index in [4.69, 9.17) is 14.2 Å². The van der Waals surface area contributed by atoms with Gasteiger partial charge in [0, 0.05) is 6.32 Å². The molecule has 1 unspecified atom stereocenters. The summed E-state index contributed by atoms with van der Waals surface area (Å²) in [5.74, 6) is 1.32. The molecule has 0 spiro atoms. The standard InChI is InChI=1S/C18H25BO4/c1-4-14(11-15-6-7-16(12-20)22-15)5-8-18-17(13(2)3)9-10-19(21)23-18/h6-7,9,11,18,20-21H,2,4-5,8,10,12H2,1,3H3/b14-11+. The van der Waals surface area contributed by atoms with Crippen molar-refractivity contribution < 1.29 is 19.2 Å². The van der Waals surface area contributed by atoms with Crippen molar-refractivity contribution in [2.24, 2.45) is 0 Å². The number of rotatable bonds is 7. The van der Waals surface area contributed by atoms with Crippen LogP contribution < -0.4 is 0 Å². The van der Waals surface area contributed by atoms with Gasteiger partial charge >= 0.3 is 7.12 Å². The van der Waals surface area contributed by atoms with E-state index in [2.05, 4.69) is 13.5 Å². The molecule has 0 aliphatic carbocycles. The van der Waals surface area contributed by atoms with E-state index in [1.165, 1.54) is 5.57 Å². The Balaban J connectivity index is 2.02. The SMILES string of the molecule is C=C(C)C1=CCB(O)OC1CC/C(=C/c1ccc(CO)o1)CC. The second kappa shape index (κ2) is 8.34. The van der Waals surface area contributed by atoms with Crippen LogP contribution in [0.4, 0.5) is 0 Å². The molecule has 2 N–H and O–H groups in total. The van der Waals surface area contributed by atoms with E-state index in [0.717, 1.165) is 36.2 Å². The lowest BCUT2D eigenvalue weighted by Crippen LogP contribution is -2.31. The van der Waals surface area contributed by atoms with E-state index < -0.39 is 7.12 Å². The topological polar surface area (TPSA) is 62.8 Å². The Morgan fingerprint density at radius 2 is 2.26 bits per heavy atom. The van der Waals surface area contributed by atoms with Gasteiger partial charge in [0.1, 0.15) is 18.1 Å². The highest BCUT2D eigenvalue weighted by atomic mass is 16.5. The van der Waals surface area contributed by atoms with Gasteiger partial charge in [-0.2, -0.15) is 0 Å². The van der Waals surface area contributed by atoms with Gasteiger partial charge in [0.05, 0.1) is 6.10 Å². The second-order valence-corrected chi connectivity index (χ2v) is 5.91. The second-order valence-electron chi connectivity index (χ2n) is 5.91. The fourth-order valence-corrected chi connectivity index (χ4v) is 2.78. The van der Waals surface area contributed by atoms with Gasteiger partial charge in [0.25, 0.3) is 0 Å². The molecule has 1 aromatic heterocycles. The average Bonchev–Trinajstić information content (AvgIpc) is 2.98. The molecular weight excluding hydrogens is 291 g/mol. The minimum atomic E-state index is -0.727. The molecule has 23 heavy (non-hydrogen) atoms. The molecule has 0 bridgehead atoms. The smallest absolute Gasteiger partial charge is 0.458 e. The molecule has 1 aliphatic heterocycles. The van der Waals surface area contributed by atoms with Crippen molar-refractivity contribution >= 4 is 13.2 Å². The summed E-state index contributed by atoms with van der Waals surface area (Å²) < 4.78 is 11.2. The zero-order chi connectivity index (χ0) is 16.8.